The smallest absolute Gasteiger partial charge is 0.338 e. The molecule has 0 aliphatic heterocycles. The van der Waals surface area contributed by atoms with Gasteiger partial charge in [0.15, 0.2) is 0 Å². The molecule has 0 amide bonds. The van der Waals surface area contributed by atoms with E-state index in [1.165, 1.54) is 0 Å². The van der Waals surface area contributed by atoms with Crippen LogP contribution in [0.25, 0.3) is 0 Å². The van der Waals surface area contributed by atoms with E-state index in [9.17, 15) is 13.6 Å². The van der Waals surface area contributed by atoms with Gasteiger partial charge in [-0.05, 0) is 49.6 Å². The molecule has 98 valence electrons. The lowest BCUT2D eigenvalue weighted by atomic mass is 10.2. The molecule has 0 saturated carbocycles. The summed E-state index contributed by atoms with van der Waals surface area (Å²) in [5, 5.41) is 0.548. The Morgan fingerprint density at radius 3 is 2.50 bits per heavy atom. The molecule has 0 aromatic heterocycles. The number of allylic oxidation sites excluding steroid dienone is 1. The number of hydrogen-bond donors (Lipinski definition) is 0. The fourth-order valence-electron chi connectivity index (χ4n) is 1.29. The van der Waals surface area contributed by atoms with Crippen LogP contribution < -0.4 is 0 Å². The average Bonchev–Trinajstić information content (AvgIpc) is 2.34. The molecular formula is C13H13ClF2O2. The molecule has 0 spiro atoms. The van der Waals surface area contributed by atoms with Gasteiger partial charge in [-0.2, -0.15) is 8.78 Å². The first-order chi connectivity index (χ1) is 8.59. The van der Waals surface area contributed by atoms with Crippen molar-refractivity contribution in [2.75, 3.05) is 6.61 Å². The van der Waals surface area contributed by atoms with Crippen LogP contribution >= 0.6 is 11.6 Å². The Bertz CT molecular complexity index is 412. The third-order valence-corrected chi connectivity index (χ3v) is 2.46. The Kier molecular flexibility index (Phi) is 6.36. The fourth-order valence-corrected chi connectivity index (χ4v) is 1.42. The number of ether oxygens (including phenoxy) is 1. The van der Waals surface area contributed by atoms with E-state index in [1.54, 1.807) is 24.3 Å². The van der Waals surface area contributed by atoms with Crippen LogP contribution in [-0.2, 0) is 4.74 Å². The topological polar surface area (TPSA) is 26.3 Å². The summed E-state index contributed by atoms with van der Waals surface area (Å²) >= 11 is 5.68. The van der Waals surface area contributed by atoms with E-state index in [-0.39, 0.29) is 6.61 Å². The lowest BCUT2D eigenvalue weighted by Gasteiger charge is -2.04. The summed E-state index contributed by atoms with van der Waals surface area (Å²) in [6.45, 7) is 0.225. The number of benzene rings is 1. The van der Waals surface area contributed by atoms with E-state index < -0.39 is 12.0 Å². The van der Waals surface area contributed by atoms with Gasteiger partial charge in [-0.25, -0.2) is 4.79 Å². The highest BCUT2D eigenvalue weighted by Crippen LogP contribution is 2.11. The minimum atomic E-state index is -1.67. The van der Waals surface area contributed by atoms with E-state index in [4.69, 9.17) is 16.3 Å². The summed E-state index contributed by atoms with van der Waals surface area (Å²) in [6, 6.07) is 6.36. The Balaban J connectivity index is 2.21. The van der Waals surface area contributed by atoms with Gasteiger partial charge in [0.25, 0.3) is 6.08 Å². The molecule has 0 saturated heterocycles. The number of hydrogen-bond acceptors (Lipinski definition) is 2. The van der Waals surface area contributed by atoms with Crippen LogP contribution in [0.3, 0.4) is 0 Å². The Hall–Kier alpha value is -1.42. The normalized spacial score (nSPS) is 9.94. The maximum absolute atomic E-state index is 11.7. The second-order valence-corrected chi connectivity index (χ2v) is 4.07. The molecule has 2 nitrogen and oxygen atoms in total. The van der Waals surface area contributed by atoms with Crippen molar-refractivity contribution in [3.05, 3.63) is 47.0 Å². The van der Waals surface area contributed by atoms with Gasteiger partial charge in [0.2, 0.25) is 0 Å². The van der Waals surface area contributed by atoms with Crippen LogP contribution in [0.2, 0.25) is 5.02 Å². The molecule has 0 fully saturated rings. The summed E-state index contributed by atoms with van der Waals surface area (Å²) in [7, 11) is 0. The zero-order valence-corrected chi connectivity index (χ0v) is 10.4. The van der Waals surface area contributed by atoms with E-state index in [0.29, 0.717) is 29.8 Å². The lowest BCUT2D eigenvalue weighted by molar-refractivity contribution is 0.0498. The van der Waals surface area contributed by atoms with Crippen molar-refractivity contribution < 1.29 is 18.3 Å². The maximum Gasteiger partial charge on any atom is 0.338 e. The van der Waals surface area contributed by atoms with Gasteiger partial charge in [0.05, 0.1) is 12.2 Å². The summed E-state index contributed by atoms with van der Waals surface area (Å²) in [5.74, 6) is -0.432. The zero-order chi connectivity index (χ0) is 13.4. The molecule has 0 bridgehead atoms. The van der Waals surface area contributed by atoms with Crippen LogP contribution in [0.15, 0.2) is 36.4 Å². The molecule has 5 heteroatoms. The molecule has 0 heterocycles. The van der Waals surface area contributed by atoms with Gasteiger partial charge in [0.1, 0.15) is 0 Å². The first-order valence-corrected chi connectivity index (χ1v) is 5.91. The molecule has 0 aliphatic rings. The summed E-state index contributed by atoms with van der Waals surface area (Å²) in [6.07, 6.45) is 0.601. The van der Waals surface area contributed by atoms with Crippen molar-refractivity contribution >= 4 is 17.6 Å². The summed E-state index contributed by atoms with van der Waals surface area (Å²) in [5.41, 5.74) is 0.425. The van der Waals surface area contributed by atoms with Gasteiger partial charge in [-0.15, -0.1) is 0 Å². The molecule has 0 N–H and O–H groups in total. The third-order valence-electron chi connectivity index (χ3n) is 2.21. The number of rotatable bonds is 6. The fraction of sp³-hybridized carbons (Fsp3) is 0.308. The number of carbonyl (C=O) groups excluding carboxylic acids is 1. The van der Waals surface area contributed by atoms with Crippen LogP contribution in [-0.4, -0.2) is 12.6 Å². The molecule has 1 aromatic rings. The molecule has 0 unspecified atom stereocenters. The highest BCUT2D eigenvalue weighted by Gasteiger charge is 2.05. The second kappa shape index (κ2) is 7.82. The van der Waals surface area contributed by atoms with Crippen molar-refractivity contribution in [1.29, 1.82) is 0 Å². The highest BCUT2D eigenvalue weighted by molar-refractivity contribution is 6.30. The molecule has 1 rings (SSSR count). The van der Waals surface area contributed by atoms with E-state index in [1.807, 2.05) is 0 Å². The van der Waals surface area contributed by atoms with Gasteiger partial charge < -0.3 is 4.74 Å². The van der Waals surface area contributed by atoms with Crippen molar-refractivity contribution in [3.63, 3.8) is 0 Å². The van der Waals surface area contributed by atoms with Crippen LogP contribution in [0.1, 0.15) is 29.6 Å². The van der Waals surface area contributed by atoms with E-state index in [0.717, 1.165) is 6.08 Å². The van der Waals surface area contributed by atoms with Crippen molar-refractivity contribution in [3.8, 4) is 0 Å². The quantitative estimate of drug-likeness (QED) is 0.566. The average molecular weight is 275 g/mol. The SMILES string of the molecule is O=C(OCCCCC=C(F)F)c1ccc(Cl)cc1. The van der Waals surface area contributed by atoms with E-state index >= 15 is 0 Å². The minimum absolute atomic E-state index is 0.225. The van der Waals surface area contributed by atoms with Crippen molar-refractivity contribution in [2.45, 2.75) is 19.3 Å². The molecule has 0 aliphatic carbocycles. The molecular weight excluding hydrogens is 262 g/mol. The highest BCUT2D eigenvalue weighted by atomic mass is 35.5. The summed E-state index contributed by atoms with van der Waals surface area (Å²) in [4.78, 5) is 11.5. The predicted octanol–water partition coefficient (Wildman–Crippen LogP) is 4.45. The molecule has 0 radical (unpaired) electrons. The Labute approximate surface area is 109 Å². The number of halogens is 3. The van der Waals surface area contributed by atoms with Gasteiger partial charge in [-0.1, -0.05) is 11.6 Å². The minimum Gasteiger partial charge on any atom is -0.462 e. The Morgan fingerprint density at radius 2 is 1.89 bits per heavy atom. The number of unbranched alkanes of at least 4 members (excludes halogenated alkanes) is 2. The maximum atomic E-state index is 11.7. The third kappa shape index (κ3) is 5.77. The molecule has 0 atom stereocenters. The monoisotopic (exact) mass is 274 g/mol. The van der Waals surface area contributed by atoms with Gasteiger partial charge >= 0.3 is 5.97 Å². The largest absolute Gasteiger partial charge is 0.462 e. The lowest BCUT2D eigenvalue weighted by Crippen LogP contribution is -2.06. The number of esters is 1. The van der Waals surface area contributed by atoms with Crippen molar-refractivity contribution in [2.24, 2.45) is 0 Å². The number of carbonyl (C=O) groups is 1. The second-order valence-electron chi connectivity index (χ2n) is 3.63. The first-order valence-electron chi connectivity index (χ1n) is 5.53. The predicted molar refractivity (Wildman–Crippen MR) is 65.9 cm³/mol. The summed E-state index contributed by atoms with van der Waals surface area (Å²) < 4.78 is 28.4. The van der Waals surface area contributed by atoms with Crippen LogP contribution in [0, 0.1) is 0 Å². The first kappa shape index (κ1) is 14.6. The molecule has 1 aromatic carbocycles. The Morgan fingerprint density at radius 1 is 1.22 bits per heavy atom. The zero-order valence-electron chi connectivity index (χ0n) is 9.67. The van der Waals surface area contributed by atoms with Crippen molar-refractivity contribution in [1.82, 2.24) is 0 Å². The van der Waals surface area contributed by atoms with Crippen LogP contribution in [0.4, 0.5) is 8.78 Å². The molecule has 18 heavy (non-hydrogen) atoms. The van der Waals surface area contributed by atoms with Gasteiger partial charge in [-0.3, -0.25) is 0 Å². The standard InChI is InChI=1S/C13H13ClF2O2/c14-11-7-5-10(6-8-11)13(17)18-9-3-1-2-4-12(15)16/h4-8H,1-3,9H2. The van der Waals surface area contributed by atoms with E-state index in [2.05, 4.69) is 0 Å². The van der Waals surface area contributed by atoms with Crippen LogP contribution in [0.5, 0.6) is 0 Å². The van der Waals surface area contributed by atoms with Gasteiger partial charge in [0, 0.05) is 5.02 Å².